The fourth-order valence-corrected chi connectivity index (χ4v) is 3.49. The molecule has 0 amide bonds. The van der Waals surface area contributed by atoms with Crippen LogP contribution in [0.4, 0.5) is 0 Å². The van der Waals surface area contributed by atoms with Gasteiger partial charge in [-0.25, -0.2) is 18.2 Å². The van der Waals surface area contributed by atoms with Gasteiger partial charge in [-0.15, -0.1) is 0 Å². The van der Waals surface area contributed by atoms with Gasteiger partial charge in [0.2, 0.25) is 0 Å². The summed E-state index contributed by atoms with van der Waals surface area (Å²) in [6, 6.07) is 10.3. The van der Waals surface area contributed by atoms with Gasteiger partial charge in [-0.3, -0.25) is 0 Å². The highest BCUT2D eigenvalue weighted by molar-refractivity contribution is 7.90. The van der Waals surface area contributed by atoms with Crippen molar-refractivity contribution in [1.82, 2.24) is 4.98 Å². The van der Waals surface area contributed by atoms with Crippen molar-refractivity contribution in [2.75, 3.05) is 0 Å². The highest BCUT2D eigenvalue weighted by Crippen LogP contribution is 2.23. The van der Waals surface area contributed by atoms with E-state index in [-0.39, 0.29) is 21.3 Å². The molecule has 0 fully saturated rings. The monoisotopic (exact) mass is 311 g/mol. The van der Waals surface area contributed by atoms with Crippen molar-refractivity contribution < 1.29 is 18.3 Å². The van der Waals surface area contributed by atoms with E-state index >= 15 is 0 Å². The lowest BCUT2D eigenvalue weighted by atomic mass is 10.3. The van der Waals surface area contributed by atoms with Crippen molar-refractivity contribution in [2.45, 2.75) is 10.6 Å². The molecule has 1 heterocycles. The standard InChI is InChI=1S/C13H10ClNO4S/c14-10-5-1-2-7-12(10)20(18,19)8-9-4-3-6-11(15-9)13(16)17/h1-7H,8H2,(H,16,17). The van der Waals surface area contributed by atoms with Crippen LogP contribution in [-0.2, 0) is 15.6 Å². The van der Waals surface area contributed by atoms with Crippen LogP contribution in [-0.4, -0.2) is 24.5 Å². The summed E-state index contributed by atoms with van der Waals surface area (Å²) in [5.41, 5.74) is -0.0401. The number of rotatable bonds is 4. The van der Waals surface area contributed by atoms with Crippen LogP contribution >= 0.6 is 11.6 Å². The Kier molecular flexibility index (Phi) is 4.06. The number of aromatic carboxylic acids is 1. The third-order valence-corrected chi connectivity index (χ3v) is 4.68. The zero-order valence-corrected chi connectivity index (χ0v) is 11.7. The maximum absolute atomic E-state index is 12.2. The molecule has 1 N–H and O–H groups in total. The summed E-state index contributed by atoms with van der Waals surface area (Å²) in [6.45, 7) is 0. The molecule has 20 heavy (non-hydrogen) atoms. The normalized spacial score (nSPS) is 11.2. The zero-order valence-electron chi connectivity index (χ0n) is 10.2. The molecule has 2 aromatic rings. The SMILES string of the molecule is O=C(O)c1cccc(CS(=O)(=O)c2ccccc2Cl)n1. The van der Waals surface area contributed by atoms with E-state index in [9.17, 15) is 13.2 Å². The molecule has 0 aliphatic rings. The second kappa shape index (κ2) is 5.60. The first-order chi connectivity index (χ1) is 9.40. The number of halogens is 1. The maximum Gasteiger partial charge on any atom is 0.354 e. The summed E-state index contributed by atoms with van der Waals surface area (Å²) in [4.78, 5) is 14.6. The minimum Gasteiger partial charge on any atom is -0.477 e. The minimum absolute atomic E-state index is 0.00388. The molecule has 0 saturated heterocycles. The fraction of sp³-hybridized carbons (Fsp3) is 0.0769. The number of sulfone groups is 1. The first-order valence-electron chi connectivity index (χ1n) is 5.56. The van der Waals surface area contributed by atoms with E-state index in [1.807, 2.05) is 0 Å². The first kappa shape index (κ1) is 14.5. The number of hydrogen-bond donors (Lipinski definition) is 1. The van der Waals surface area contributed by atoms with Crippen molar-refractivity contribution in [3.8, 4) is 0 Å². The topological polar surface area (TPSA) is 84.3 Å². The Bertz CT molecular complexity index is 758. The molecule has 7 heteroatoms. The average molecular weight is 312 g/mol. The molecule has 0 spiro atoms. The van der Waals surface area contributed by atoms with E-state index in [2.05, 4.69) is 4.98 Å². The molecule has 5 nitrogen and oxygen atoms in total. The second-order valence-electron chi connectivity index (χ2n) is 4.01. The number of nitrogens with zero attached hydrogens (tertiary/aromatic N) is 1. The van der Waals surface area contributed by atoms with Gasteiger partial charge in [-0.2, -0.15) is 0 Å². The van der Waals surface area contributed by atoms with E-state index in [1.54, 1.807) is 12.1 Å². The molecule has 0 unspecified atom stereocenters. The molecule has 0 radical (unpaired) electrons. The second-order valence-corrected chi connectivity index (χ2v) is 6.37. The first-order valence-corrected chi connectivity index (χ1v) is 7.60. The lowest BCUT2D eigenvalue weighted by Crippen LogP contribution is -2.09. The summed E-state index contributed by atoms with van der Waals surface area (Å²) in [6.07, 6.45) is 0. The van der Waals surface area contributed by atoms with Crippen LogP contribution in [0.5, 0.6) is 0 Å². The van der Waals surface area contributed by atoms with E-state index in [0.717, 1.165) is 0 Å². The van der Waals surface area contributed by atoms with Crippen LogP contribution in [0.25, 0.3) is 0 Å². The van der Waals surface area contributed by atoms with Gasteiger partial charge in [-0.05, 0) is 24.3 Å². The molecule has 104 valence electrons. The van der Waals surface area contributed by atoms with Crippen molar-refractivity contribution in [2.24, 2.45) is 0 Å². The van der Waals surface area contributed by atoms with Gasteiger partial charge in [0.25, 0.3) is 0 Å². The Balaban J connectivity index is 2.36. The van der Waals surface area contributed by atoms with E-state index < -0.39 is 21.6 Å². The number of carboxylic acid groups (broad SMARTS) is 1. The third-order valence-electron chi connectivity index (χ3n) is 2.54. The molecular weight excluding hydrogens is 302 g/mol. The summed E-state index contributed by atoms with van der Waals surface area (Å²) >= 11 is 5.86. The average Bonchev–Trinajstić information content (AvgIpc) is 2.38. The molecule has 2 rings (SSSR count). The van der Waals surface area contributed by atoms with Crippen LogP contribution in [0.15, 0.2) is 47.4 Å². The highest BCUT2D eigenvalue weighted by Gasteiger charge is 2.19. The summed E-state index contributed by atoms with van der Waals surface area (Å²) in [7, 11) is -3.67. The van der Waals surface area contributed by atoms with E-state index in [1.165, 1.54) is 30.3 Å². The van der Waals surface area contributed by atoms with Crippen LogP contribution < -0.4 is 0 Å². The van der Waals surface area contributed by atoms with Gasteiger partial charge in [0.1, 0.15) is 5.69 Å². The largest absolute Gasteiger partial charge is 0.477 e. The van der Waals surface area contributed by atoms with Gasteiger partial charge in [-0.1, -0.05) is 29.8 Å². The Morgan fingerprint density at radius 1 is 1.15 bits per heavy atom. The van der Waals surface area contributed by atoms with Gasteiger partial charge in [0.15, 0.2) is 9.84 Å². The molecule has 0 saturated carbocycles. The molecule has 0 atom stereocenters. The Labute approximate surface area is 120 Å². The number of hydrogen-bond acceptors (Lipinski definition) is 4. The van der Waals surface area contributed by atoms with Gasteiger partial charge in [0.05, 0.1) is 21.4 Å². The van der Waals surface area contributed by atoms with Gasteiger partial charge in [0, 0.05) is 0 Å². The van der Waals surface area contributed by atoms with Crippen molar-refractivity contribution in [3.05, 3.63) is 58.9 Å². The van der Waals surface area contributed by atoms with Crippen LogP contribution in [0.1, 0.15) is 16.2 Å². The van der Waals surface area contributed by atoms with Crippen LogP contribution in [0.2, 0.25) is 5.02 Å². The summed E-state index contributed by atoms with van der Waals surface area (Å²) in [5.74, 6) is -1.61. The molecule has 1 aromatic carbocycles. The van der Waals surface area contributed by atoms with E-state index in [4.69, 9.17) is 16.7 Å². The predicted octanol–water partition coefficient (Wildman–Crippen LogP) is 2.41. The molecule has 1 aromatic heterocycles. The van der Waals surface area contributed by atoms with Crippen LogP contribution in [0.3, 0.4) is 0 Å². The number of carboxylic acids is 1. The maximum atomic E-state index is 12.2. The van der Waals surface area contributed by atoms with E-state index in [0.29, 0.717) is 0 Å². The minimum atomic E-state index is -3.67. The molecule has 0 aliphatic heterocycles. The van der Waals surface area contributed by atoms with Crippen molar-refractivity contribution in [3.63, 3.8) is 0 Å². The number of pyridine rings is 1. The summed E-state index contributed by atoms with van der Waals surface area (Å²) < 4.78 is 24.5. The van der Waals surface area contributed by atoms with Crippen molar-refractivity contribution in [1.29, 1.82) is 0 Å². The highest BCUT2D eigenvalue weighted by atomic mass is 35.5. The van der Waals surface area contributed by atoms with Crippen molar-refractivity contribution >= 4 is 27.4 Å². The Morgan fingerprint density at radius 3 is 2.50 bits per heavy atom. The Hall–Kier alpha value is -1.92. The fourth-order valence-electron chi connectivity index (χ4n) is 1.65. The molecular formula is C13H10ClNO4S. The Morgan fingerprint density at radius 2 is 1.85 bits per heavy atom. The van der Waals surface area contributed by atoms with Crippen LogP contribution in [0, 0.1) is 0 Å². The number of benzene rings is 1. The quantitative estimate of drug-likeness (QED) is 0.937. The third kappa shape index (κ3) is 3.15. The smallest absolute Gasteiger partial charge is 0.354 e. The molecule has 0 bridgehead atoms. The number of carbonyl (C=O) groups is 1. The molecule has 0 aliphatic carbocycles. The zero-order chi connectivity index (χ0) is 14.8. The number of aromatic nitrogens is 1. The van der Waals surface area contributed by atoms with Gasteiger partial charge < -0.3 is 5.11 Å². The lowest BCUT2D eigenvalue weighted by molar-refractivity contribution is 0.0690. The van der Waals surface area contributed by atoms with Gasteiger partial charge >= 0.3 is 5.97 Å². The predicted molar refractivity (Wildman–Crippen MR) is 73.5 cm³/mol. The lowest BCUT2D eigenvalue weighted by Gasteiger charge is -2.06. The summed E-state index contributed by atoms with van der Waals surface area (Å²) in [5, 5.41) is 8.96.